The van der Waals surface area contributed by atoms with Gasteiger partial charge in [-0.3, -0.25) is 9.59 Å². The number of nitrogens with one attached hydrogen (secondary N) is 1. The van der Waals surface area contributed by atoms with E-state index >= 15 is 0 Å². The summed E-state index contributed by atoms with van der Waals surface area (Å²) < 4.78 is 0. The van der Waals surface area contributed by atoms with Crippen molar-refractivity contribution in [1.29, 1.82) is 0 Å². The van der Waals surface area contributed by atoms with Crippen LogP contribution in [0.25, 0.3) is 0 Å². The summed E-state index contributed by atoms with van der Waals surface area (Å²) in [5.74, 6) is -1.53. The van der Waals surface area contributed by atoms with Crippen molar-refractivity contribution in [3.63, 3.8) is 0 Å². The van der Waals surface area contributed by atoms with Gasteiger partial charge in [-0.15, -0.1) is 0 Å². The number of hydrogen-bond donors (Lipinski definition) is 3. The molecule has 0 spiro atoms. The Labute approximate surface area is 133 Å². The molecule has 0 heterocycles. The van der Waals surface area contributed by atoms with E-state index in [-0.39, 0.29) is 6.54 Å². The lowest BCUT2D eigenvalue weighted by atomic mass is 10.2. The minimum absolute atomic E-state index is 0.389. The van der Waals surface area contributed by atoms with Gasteiger partial charge in [-0.25, -0.2) is 0 Å². The lowest BCUT2D eigenvalue weighted by Crippen LogP contribution is -2.47. The van der Waals surface area contributed by atoms with Crippen LogP contribution in [-0.4, -0.2) is 55.1 Å². The second kappa shape index (κ2) is 14.0. The fourth-order valence-electron chi connectivity index (χ4n) is 1.30. The van der Waals surface area contributed by atoms with Crippen LogP contribution in [0.4, 0.5) is 0 Å². The van der Waals surface area contributed by atoms with Crippen molar-refractivity contribution in [3.8, 4) is 0 Å². The highest BCUT2D eigenvalue weighted by Gasteiger charge is 2.14. The van der Waals surface area contributed by atoms with Gasteiger partial charge in [-0.2, -0.15) is 0 Å². The van der Waals surface area contributed by atoms with Gasteiger partial charge in [0.05, 0.1) is 6.04 Å². The second-order valence-electron chi connectivity index (χ2n) is 4.63. The van der Waals surface area contributed by atoms with Crippen LogP contribution in [0.15, 0.2) is 30.3 Å². The van der Waals surface area contributed by atoms with Gasteiger partial charge in [0, 0.05) is 6.54 Å². The highest BCUT2D eigenvalue weighted by atomic mass is 16.4. The molecule has 0 aliphatic heterocycles. The fraction of sp³-hybridized carbons (Fsp3) is 0.500. The zero-order valence-electron chi connectivity index (χ0n) is 14.2. The predicted molar refractivity (Wildman–Crippen MR) is 89.7 cm³/mol. The molecule has 0 aliphatic carbocycles. The number of hydrogen-bond acceptors (Lipinski definition) is 4. The second-order valence-corrected chi connectivity index (χ2v) is 4.63. The van der Waals surface area contributed by atoms with Crippen molar-refractivity contribution in [2.45, 2.75) is 26.8 Å². The first-order valence-corrected chi connectivity index (χ1v) is 7.24. The third kappa shape index (κ3) is 14.5. The van der Waals surface area contributed by atoms with E-state index in [9.17, 15) is 9.59 Å². The Bertz CT molecular complexity index is 408. The molecule has 6 heteroatoms. The Morgan fingerprint density at radius 2 is 1.73 bits per heavy atom. The molecule has 1 atom stereocenters. The van der Waals surface area contributed by atoms with Crippen LogP contribution < -0.4 is 11.1 Å². The highest BCUT2D eigenvalue weighted by Crippen LogP contribution is 1.92. The Morgan fingerprint density at radius 3 is 2.05 bits per heavy atom. The monoisotopic (exact) mass is 311 g/mol. The molecule has 0 fully saturated rings. The molecule has 0 aromatic heterocycles. The van der Waals surface area contributed by atoms with Crippen molar-refractivity contribution in [1.82, 2.24) is 10.2 Å². The zero-order chi connectivity index (χ0) is 17.5. The summed E-state index contributed by atoms with van der Waals surface area (Å²) in [7, 11) is 3.56. The summed E-state index contributed by atoms with van der Waals surface area (Å²) in [4.78, 5) is 22.9. The number of aliphatic carboxylic acids is 1. The van der Waals surface area contributed by atoms with Gasteiger partial charge >= 0.3 is 5.97 Å². The molecule has 1 unspecified atom stereocenters. The molecule has 22 heavy (non-hydrogen) atoms. The van der Waals surface area contributed by atoms with Crippen LogP contribution in [0.1, 0.15) is 19.4 Å². The summed E-state index contributed by atoms with van der Waals surface area (Å²) >= 11 is 0. The van der Waals surface area contributed by atoms with Gasteiger partial charge in [0.1, 0.15) is 6.54 Å². The molecule has 0 saturated carbocycles. The number of aryl methyl sites for hydroxylation is 1. The van der Waals surface area contributed by atoms with Crippen LogP contribution in [-0.2, 0) is 9.59 Å². The van der Waals surface area contributed by atoms with Crippen LogP contribution in [0.2, 0.25) is 0 Å². The van der Waals surface area contributed by atoms with E-state index < -0.39 is 17.9 Å². The largest absolute Gasteiger partial charge is 0.480 e. The van der Waals surface area contributed by atoms with Gasteiger partial charge < -0.3 is 21.1 Å². The van der Waals surface area contributed by atoms with Crippen molar-refractivity contribution >= 4 is 11.9 Å². The summed E-state index contributed by atoms with van der Waals surface area (Å²) in [6.07, 6.45) is 0. The molecule has 1 aromatic rings. The molecule has 0 aliphatic rings. The molecule has 1 aromatic carbocycles. The smallest absolute Gasteiger partial charge is 0.322 e. The van der Waals surface area contributed by atoms with E-state index in [1.54, 1.807) is 19.0 Å². The molecular formula is C16H29N3O3. The minimum atomic E-state index is -1.08. The van der Waals surface area contributed by atoms with Gasteiger partial charge in [-0.1, -0.05) is 49.7 Å². The number of nitrogens with two attached hydrogens (primary N) is 1. The number of benzene rings is 1. The van der Waals surface area contributed by atoms with Gasteiger partial charge in [-0.05, 0) is 21.0 Å². The maximum atomic E-state index is 11.1. The topological polar surface area (TPSA) is 95.7 Å². The molecular weight excluding hydrogens is 282 g/mol. The number of carbonyl (C=O) groups excluding carboxylic acids is 1. The normalized spacial score (nSPS) is 10.5. The van der Waals surface area contributed by atoms with Crippen molar-refractivity contribution in [2.24, 2.45) is 5.73 Å². The first-order valence-electron chi connectivity index (χ1n) is 7.24. The number of nitrogens with zero attached hydrogens (tertiary/aromatic N) is 1. The number of amides is 1. The van der Waals surface area contributed by atoms with E-state index in [4.69, 9.17) is 10.8 Å². The minimum Gasteiger partial charge on any atom is -0.480 e. The highest BCUT2D eigenvalue weighted by molar-refractivity contribution is 5.85. The molecule has 4 N–H and O–H groups in total. The molecule has 1 amide bonds. The van der Waals surface area contributed by atoms with Crippen LogP contribution in [0.3, 0.4) is 0 Å². The summed E-state index contributed by atoms with van der Waals surface area (Å²) in [6.45, 7) is 6.09. The molecule has 126 valence electrons. The lowest BCUT2D eigenvalue weighted by molar-refractivity contribution is -0.138. The summed E-state index contributed by atoms with van der Waals surface area (Å²) in [5, 5.41) is 10.5. The van der Waals surface area contributed by atoms with Crippen molar-refractivity contribution < 1.29 is 14.7 Å². The maximum absolute atomic E-state index is 11.1. The van der Waals surface area contributed by atoms with Gasteiger partial charge in [0.2, 0.25) is 5.91 Å². The molecule has 0 saturated heterocycles. The predicted octanol–water partition coefficient (Wildman–Crippen LogP) is 1.10. The van der Waals surface area contributed by atoms with Gasteiger partial charge in [0.25, 0.3) is 0 Å². The third-order valence-electron chi connectivity index (χ3n) is 2.25. The van der Waals surface area contributed by atoms with E-state index in [2.05, 4.69) is 24.4 Å². The van der Waals surface area contributed by atoms with Crippen LogP contribution >= 0.6 is 0 Å². The number of carboxylic acids is 1. The van der Waals surface area contributed by atoms with Crippen LogP contribution in [0, 0.1) is 6.92 Å². The Morgan fingerprint density at radius 1 is 1.23 bits per heavy atom. The van der Waals surface area contributed by atoms with E-state index in [0.717, 1.165) is 0 Å². The standard InChI is InChI=1S/C7H15N3O3.C7H8.C2H6/c1-10(2)4-5(8)7(13)9-3-6(11)12;1-7-5-3-2-4-6-7;1-2/h5H,3-4,8H2,1-2H3,(H,9,13)(H,11,12);2-6H,1H3;1-2H3. The van der Waals surface area contributed by atoms with E-state index in [0.29, 0.717) is 6.54 Å². The Balaban J connectivity index is 0. The summed E-state index contributed by atoms with van der Waals surface area (Å²) in [6, 6.07) is 9.58. The van der Waals surface area contributed by atoms with E-state index in [1.165, 1.54) is 5.56 Å². The third-order valence-corrected chi connectivity index (χ3v) is 2.25. The van der Waals surface area contributed by atoms with Gasteiger partial charge in [0.15, 0.2) is 0 Å². The molecule has 0 bridgehead atoms. The number of carboxylic acid groups (broad SMARTS) is 1. The molecule has 0 radical (unpaired) electrons. The van der Waals surface area contributed by atoms with Crippen molar-refractivity contribution in [3.05, 3.63) is 35.9 Å². The fourth-order valence-corrected chi connectivity index (χ4v) is 1.30. The van der Waals surface area contributed by atoms with Crippen molar-refractivity contribution in [2.75, 3.05) is 27.2 Å². The number of carbonyl (C=O) groups is 2. The number of likely N-dealkylation sites (N-methyl/N-ethyl adjacent to an activating group) is 1. The van der Waals surface area contributed by atoms with E-state index in [1.807, 2.05) is 32.0 Å². The SMILES string of the molecule is CC.CN(C)CC(N)C(=O)NCC(=O)O.Cc1ccccc1. The summed E-state index contributed by atoms with van der Waals surface area (Å²) in [5.41, 5.74) is 6.78. The average Bonchev–Trinajstić information content (AvgIpc) is 2.47. The van der Waals surface area contributed by atoms with Crippen LogP contribution in [0.5, 0.6) is 0 Å². The molecule has 1 rings (SSSR count). The quantitative estimate of drug-likeness (QED) is 0.757. The Hall–Kier alpha value is -1.92. The first kappa shape index (κ1) is 22.4. The Kier molecular flexibility index (Phi) is 14.3. The average molecular weight is 311 g/mol. The number of rotatable bonds is 5. The molecule has 6 nitrogen and oxygen atoms in total. The lowest BCUT2D eigenvalue weighted by Gasteiger charge is -2.15. The maximum Gasteiger partial charge on any atom is 0.322 e. The first-order chi connectivity index (χ1) is 10.3. The zero-order valence-corrected chi connectivity index (χ0v) is 14.2.